The number of rotatable bonds is 6. The normalized spacial score (nSPS) is 31.2. The van der Waals surface area contributed by atoms with Crippen LogP contribution >= 0.6 is 0 Å². The van der Waals surface area contributed by atoms with E-state index in [4.69, 9.17) is 33.8 Å². The van der Waals surface area contributed by atoms with Gasteiger partial charge in [0.2, 0.25) is 0 Å². The number of hydrogen-bond acceptors (Lipinski definition) is 9. The van der Waals surface area contributed by atoms with Gasteiger partial charge in [0.1, 0.15) is 29.5 Å². The molecule has 0 spiro atoms. The van der Waals surface area contributed by atoms with E-state index in [2.05, 4.69) is 99.1 Å². The van der Waals surface area contributed by atoms with Crippen LogP contribution in [0.3, 0.4) is 0 Å². The lowest BCUT2D eigenvalue weighted by Crippen LogP contribution is -2.68. The van der Waals surface area contributed by atoms with Crippen LogP contribution in [0.1, 0.15) is 112 Å². The number of benzene rings is 3. The van der Waals surface area contributed by atoms with Gasteiger partial charge in [-0.05, 0) is 93.3 Å². The number of nitrogens with zero attached hydrogens (tertiary/aromatic N) is 7. The predicted octanol–water partition coefficient (Wildman–Crippen LogP) is 10.1. The van der Waals surface area contributed by atoms with Gasteiger partial charge in [0.25, 0.3) is 0 Å². The molecule has 6 heterocycles. The van der Waals surface area contributed by atoms with Gasteiger partial charge in [-0.15, -0.1) is 0 Å². The molecule has 11 heteroatoms. The van der Waals surface area contributed by atoms with E-state index >= 15 is 0 Å². The monoisotopic (exact) mass is 822 g/mol. The van der Waals surface area contributed by atoms with Crippen molar-refractivity contribution in [1.29, 1.82) is 0 Å². The maximum Gasteiger partial charge on any atom is 0.599 e. The number of aliphatic imine (C=N–C) groups is 5. The molecule has 61 heavy (non-hydrogen) atoms. The van der Waals surface area contributed by atoms with Crippen molar-refractivity contribution in [2.24, 2.45) is 54.0 Å². The van der Waals surface area contributed by atoms with Crippen molar-refractivity contribution in [2.75, 3.05) is 13.2 Å². The van der Waals surface area contributed by atoms with Crippen LogP contribution in [-0.2, 0) is 8.85 Å². The lowest BCUT2D eigenvalue weighted by Gasteiger charge is -2.57. The fourth-order valence-electron chi connectivity index (χ4n) is 13.5. The zero-order valence-corrected chi connectivity index (χ0v) is 35.5. The smallest absolute Gasteiger partial charge is 0.361 e. The molecule has 5 saturated carbocycles. The minimum Gasteiger partial charge on any atom is -0.361 e. The largest absolute Gasteiger partial charge is 0.599 e. The van der Waals surface area contributed by atoms with Gasteiger partial charge in [-0.25, -0.2) is 25.0 Å². The lowest BCUT2D eigenvalue weighted by molar-refractivity contribution is -0.0854. The second kappa shape index (κ2) is 13.1. The average Bonchev–Trinajstić information content (AvgIpc) is 4.00. The minimum absolute atomic E-state index is 0.112. The molecule has 10 bridgehead atoms. The average molecular weight is 823 g/mol. The fraction of sp³-hybridized carbons (Fsp3) is 0.420. The van der Waals surface area contributed by atoms with Gasteiger partial charge in [-0.1, -0.05) is 104 Å². The predicted molar refractivity (Wildman–Crippen MR) is 242 cm³/mol. The second-order valence-electron chi connectivity index (χ2n) is 19.7. The molecular weight excluding hydrogens is 773 g/mol. The van der Waals surface area contributed by atoms with Crippen molar-refractivity contribution < 1.29 is 8.85 Å². The van der Waals surface area contributed by atoms with Crippen LogP contribution < -0.4 is 5.32 Å². The summed E-state index contributed by atoms with van der Waals surface area (Å²) >= 11 is 0. The van der Waals surface area contributed by atoms with E-state index in [9.17, 15) is 0 Å². The second-order valence-corrected chi connectivity index (χ2v) is 22.3. The molecule has 10 nitrogen and oxygen atoms in total. The number of amidine groups is 5. The number of allylic oxidation sites excluding steroid dienone is 1. The van der Waals surface area contributed by atoms with Crippen LogP contribution in [0.25, 0.3) is 10.8 Å². The first-order valence-electron chi connectivity index (χ1n) is 23.1. The van der Waals surface area contributed by atoms with E-state index in [0.717, 1.165) is 117 Å². The van der Waals surface area contributed by atoms with Gasteiger partial charge in [0, 0.05) is 57.4 Å². The maximum absolute atomic E-state index is 8.24. The first kappa shape index (κ1) is 35.4. The highest BCUT2D eigenvalue weighted by molar-refractivity contribution is 6.68. The molecule has 5 aliphatic heterocycles. The molecule has 306 valence electrons. The number of aromatic nitrogens is 1. The highest BCUT2D eigenvalue weighted by atomic mass is 28.4. The van der Waals surface area contributed by atoms with Gasteiger partial charge in [-0.3, -0.25) is 8.80 Å². The maximum atomic E-state index is 8.24. The Kier molecular flexibility index (Phi) is 7.62. The van der Waals surface area contributed by atoms with Crippen LogP contribution in [0.4, 0.5) is 11.6 Å². The van der Waals surface area contributed by atoms with Gasteiger partial charge in [0.15, 0.2) is 17.5 Å². The van der Waals surface area contributed by atoms with Crippen LogP contribution in [0.5, 0.6) is 0 Å². The van der Waals surface area contributed by atoms with Crippen molar-refractivity contribution in [3.05, 3.63) is 118 Å². The van der Waals surface area contributed by atoms with E-state index in [0.29, 0.717) is 30.8 Å². The Morgan fingerprint density at radius 2 is 1.38 bits per heavy atom. The molecular formula is C50H50N8O2Si. The Balaban J connectivity index is 1.10. The van der Waals surface area contributed by atoms with Crippen molar-refractivity contribution in [2.45, 2.75) is 89.6 Å². The molecule has 1 N–H and O–H groups in total. The Bertz CT molecular complexity index is 2770. The molecule has 15 rings (SSSR count). The first-order chi connectivity index (χ1) is 30.1. The van der Waals surface area contributed by atoms with E-state index in [1.54, 1.807) is 0 Å². The van der Waals surface area contributed by atoms with Crippen molar-refractivity contribution in [3.8, 4) is 0 Å². The summed E-state index contributed by atoms with van der Waals surface area (Å²) in [5, 5.41) is 6.08. The Morgan fingerprint density at radius 1 is 0.689 bits per heavy atom. The molecule has 0 radical (unpaired) electrons. The van der Waals surface area contributed by atoms with Gasteiger partial charge in [-0.2, -0.15) is 0 Å². The summed E-state index contributed by atoms with van der Waals surface area (Å²) in [6, 6.07) is 25.9. The van der Waals surface area contributed by atoms with Crippen LogP contribution in [0.2, 0.25) is 0 Å². The minimum atomic E-state index is -4.04. The summed E-state index contributed by atoms with van der Waals surface area (Å²) in [7, 11) is -4.04. The highest BCUT2D eigenvalue weighted by Gasteiger charge is 2.63. The van der Waals surface area contributed by atoms with E-state index in [1.807, 2.05) is 0 Å². The summed E-state index contributed by atoms with van der Waals surface area (Å²) in [6.45, 7) is 1.24. The first-order valence-corrected chi connectivity index (χ1v) is 24.8. The van der Waals surface area contributed by atoms with E-state index in [1.165, 1.54) is 57.8 Å². The fourth-order valence-corrected chi connectivity index (χ4v) is 17.2. The standard InChI is InChI=1S/C50H50N8O2Si/c1-2-12-30(13-3-1)28-59-61(60-29-50-25-31-22-32(26-50)24-33(23-31)27-50)57-46-38-18-8-9-19-39(38)48(57)55-44-36-16-6-7-17-37(36)45(52-44)56-49-41-21-11-10-20-40(41)47(58(49)61)54-43-35-15-5-4-14-34(35)42(51-43)53-46/h4-6,8-11,14-16,18-21,30-33,46H,1-3,7,12-13,17,22-29H2,(H,51,53,54). The molecule has 0 saturated heterocycles. The number of hydrogen-bond donors (Lipinski definition) is 1. The summed E-state index contributed by atoms with van der Waals surface area (Å²) in [4.78, 5) is 27.9. The topological polar surface area (TPSA) is 100 Å². The van der Waals surface area contributed by atoms with Gasteiger partial charge >= 0.3 is 8.88 Å². The third-order valence-corrected chi connectivity index (χ3v) is 18.9. The molecule has 0 amide bonds. The van der Waals surface area contributed by atoms with Crippen LogP contribution in [0, 0.1) is 29.1 Å². The summed E-state index contributed by atoms with van der Waals surface area (Å²) < 4.78 is 21.1. The van der Waals surface area contributed by atoms with Crippen LogP contribution in [-0.4, -0.2) is 60.1 Å². The number of nitrogens with one attached hydrogen (secondary N) is 1. The van der Waals surface area contributed by atoms with Crippen LogP contribution in [0.15, 0.2) is 121 Å². The number of fused-ring (bicyclic) bond motifs is 13. The SMILES string of the molecule is C1=CC2=C(CC1)C1=Nc3c4ccccc4c4n3[Si](OCC3CCCCC3)(OCC35CC6CC(CC(C6)C3)C5)N3C(=NC2=N1)c1ccccc1C3NC1=NC(=N4)c2ccccc21. The Labute approximate surface area is 357 Å². The van der Waals surface area contributed by atoms with E-state index < -0.39 is 15.0 Å². The molecule has 1 aromatic heterocycles. The van der Waals surface area contributed by atoms with Crippen molar-refractivity contribution >= 4 is 60.5 Å². The third kappa shape index (κ3) is 5.23. The summed E-state index contributed by atoms with van der Waals surface area (Å²) in [5.41, 5.74) is 6.53. The Morgan fingerprint density at radius 3 is 2.15 bits per heavy atom. The molecule has 3 aromatic carbocycles. The lowest BCUT2D eigenvalue weighted by atomic mass is 9.50. The molecule has 6 aliphatic carbocycles. The Hall–Kier alpha value is -5.23. The summed E-state index contributed by atoms with van der Waals surface area (Å²) in [5.74, 6) is 8.11. The molecule has 11 aliphatic rings. The third-order valence-electron chi connectivity index (χ3n) is 15.8. The van der Waals surface area contributed by atoms with Crippen molar-refractivity contribution in [1.82, 2.24) is 14.1 Å². The summed E-state index contributed by atoms with van der Waals surface area (Å²) in [6.07, 6.45) is 19.8. The molecule has 4 aromatic rings. The zero-order valence-electron chi connectivity index (χ0n) is 34.5. The van der Waals surface area contributed by atoms with Gasteiger partial charge < -0.3 is 14.2 Å². The molecule has 2 atom stereocenters. The van der Waals surface area contributed by atoms with Gasteiger partial charge in [0.05, 0.1) is 0 Å². The highest BCUT2D eigenvalue weighted by Crippen LogP contribution is 2.61. The van der Waals surface area contributed by atoms with E-state index in [-0.39, 0.29) is 5.41 Å². The molecule has 2 unspecified atom stereocenters. The molecule has 5 fully saturated rings. The van der Waals surface area contributed by atoms with Crippen molar-refractivity contribution in [3.63, 3.8) is 0 Å². The quantitative estimate of drug-likeness (QED) is 0.196. The zero-order chi connectivity index (χ0) is 39.9.